The first kappa shape index (κ1) is 16.0. The first-order valence-corrected chi connectivity index (χ1v) is 7.86. The van der Waals surface area contributed by atoms with Crippen molar-refractivity contribution in [2.24, 2.45) is 0 Å². The van der Waals surface area contributed by atoms with Gasteiger partial charge in [-0.15, -0.1) is 0 Å². The average Bonchev–Trinajstić information content (AvgIpc) is 3.15. The molecule has 24 heavy (non-hydrogen) atoms. The zero-order chi connectivity index (χ0) is 16.8. The molecule has 0 radical (unpaired) electrons. The monoisotopic (exact) mass is 322 g/mol. The molecule has 0 unspecified atom stereocenters. The number of nitrogens with one attached hydrogen (secondary N) is 2. The molecule has 0 spiro atoms. The minimum Gasteiger partial charge on any atom is -0.368 e. The molecule has 122 valence electrons. The maximum Gasteiger partial charge on any atom is 0.253 e. The van der Waals surface area contributed by atoms with Gasteiger partial charge in [0.1, 0.15) is 18.0 Å². The third-order valence-electron chi connectivity index (χ3n) is 3.80. The minimum absolute atomic E-state index is 0.103. The summed E-state index contributed by atoms with van der Waals surface area (Å²) in [6.07, 6.45) is 2.98. The summed E-state index contributed by atoms with van der Waals surface area (Å²) >= 11 is 0. The van der Waals surface area contributed by atoms with Gasteiger partial charge in [0.25, 0.3) is 5.91 Å². The van der Waals surface area contributed by atoms with Crippen LogP contribution < -0.4 is 10.6 Å². The van der Waals surface area contributed by atoms with E-state index in [9.17, 15) is 4.79 Å². The summed E-state index contributed by atoms with van der Waals surface area (Å²) in [5, 5.41) is 15.1. The third kappa shape index (κ3) is 3.89. The van der Waals surface area contributed by atoms with E-state index in [0.717, 1.165) is 24.1 Å². The standard InChI is InChI=1S/C18H18N4O2/c19-11-14-5-2-8-20-17(14)21-12-13-4-1-6-15(10-13)22-18(23)16-7-3-9-24-16/h1-2,4-6,8,10,16H,3,7,9,12H2,(H,20,21)(H,22,23)/t16-/m0/s1. The molecular weight excluding hydrogens is 304 g/mol. The van der Waals surface area contributed by atoms with Crippen LogP contribution >= 0.6 is 0 Å². The second-order valence-corrected chi connectivity index (χ2v) is 5.56. The Hall–Kier alpha value is -2.91. The van der Waals surface area contributed by atoms with Gasteiger partial charge in [-0.3, -0.25) is 4.79 Å². The van der Waals surface area contributed by atoms with Gasteiger partial charge < -0.3 is 15.4 Å². The number of ether oxygens (including phenoxy) is 1. The largest absolute Gasteiger partial charge is 0.368 e. The molecule has 2 heterocycles. The van der Waals surface area contributed by atoms with Gasteiger partial charge in [0.15, 0.2) is 0 Å². The number of carbonyl (C=O) groups is 1. The molecular formula is C18H18N4O2. The number of nitriles is 1. The summed E-state index contributed by atoms with van der Waals surface area (Å²) in [7, 11) is 0. The summed E-state index contributed by atoms with van der Waals surface area (Å²) in [4.78, 5) is 16.3. The van der Waals surface area contributed by atoms with E-state index in [-0.39, 0.29) is 12.0 Å². The van der Waals surface area contributed by atoms with Crippen LogP contribution in [-0.4, -0.2) is 23.6 Å². The van der Waals surface area contributed by atoms with Crippen LogP contribution in [-0.2, 0) is 16.1 Å². The van der Waals surface area contributed by atoms with Crippen LogP contribution in [0.25, 0.3) is 0 Å². The summed E-state index contributed by atoms with van der Waals surface area (Å²) in [5.74, 6) is 0.447. The lowest BCUT2D eigenvalue weighted by molar-refractivity contribution is -0.124. The van der Waals surface area contributed by atoms with Crippen molar-refractivity contribution in [1.29, 1.82) is 5.26 Å². The van der Waals surface area contributed by atoms with Crippen LogP contribution in [0.15, 0.2) is 42.6 Å². The summed E-state index contributed by atoms with van der Waals surface area (Å²) in [5.41, 5.74) is 2.21. The molecule has 1 atom stereocenters. The van der Waals surface area contributed by atoms with Crippen molar-refractivity contribution < 1.29 is 9.53 Å². The molecule has 3 rings (SSSR count). The van der Waals surface area contributed by atoms with Crippen LogP contribution in [0.5, 0.6) is 0 Å². The number of benzene rings is 1. The molecule has 1 saturated heterocycles. The fourth-order valence-electron chi connectivity index (χ4n) is 2.59. The lowest BCUT2D eigenvalue weighted by atomic mass is 10.1. The van der Waals surface area contributed by atoms with E-state index in [1.807, 2.05) is 24.3 Å². The van der Waals surface area contributed by atoms with Gasteiger partial charge in [0.05, 0.1) is 5.56 Å². The van der Waals surface area contributed by atoms with Crippen molar-refractivity contribution in [1.82, 2.24) is 4.98 Å². The Morgan fingerprint density at radius 3 is 3.08 bits per heavy atom. The zero-order valence-corrected chi connectivity index (χ0v) is 13.2. The van der Waals surface area contributed by atoms with E-state index in [1.165, 1.54) is 0 Å². The molecule has 6 nitrogen and oxygen atoms in total. The SMILES string of the molecule is N#Cc1cccnc1NCc1cccc(NC(=O)[C@@H]2CCCO2)c1. The Balaban J connectivity index is 1.63. The fraction of sp³-hybridized carbons (Fsp3) is 0.278. The van der Waals surface area contributed by atoms with E-state index in [2.05, 4.69) is 21.7 Å². The molecule has 2 aromatic rings. The molecule has 1 aromatic carbocycles. The van der Waals surface area contributed by atoms with Crippen LogP contribution in [0.3, 0.4) is 0 Å². The van der Waals surface area contributed by atoms with E-state index in [1.54, 1.807) is 18.3 Å². The highest BCUT2D eigenvalue weighted by molar-refractivity contribution is 5.94. The highest BCUT2D eigenvalue weighted by Crippen LogP contribution is 2.17. The van der Waals surface area contributed by atoms with Gasteiger partial charge in [-0.05, 0) is 42.7 Å². The molecule has 1 aromatic heterocycles. The number of rotatable bonds is 5. The van der Waals surface area contributed by atoms with Crippen LogP contribution in [0, 0.1) is 11.3 Å². The molecule has 0 bridgehead atoms. The predicted octanol–water partition coefficient (Wildman–Crippen LogP) is 2.68. The lowest BCUT2D eigenvalue weighted by Gasteiger charge is -2.12. The predicted molar refractivity (Wildman–Crippen MR) is 90.3 cm³/mol. The highest BCUT2D eigenvalue weighted by Gasteiger charge is 2.23. The minimum atomic E-state index is -0.349. The van der Waals surface area contributed by atoms with Crippen molar-refractivity contribution >= 4 is 17.4 Å². The number of pyridine rings is 1. The lowest BCUT2D eigenvalue weighted by Crippen LogP contribution is -2.26. The van der Waals surface area contributed by atoms with Gasteiger partial charge in [0.2, 0.25) is 0 Å². The fourth-order valence-corrected chi connectivity index (χ4v) is 2.59. The molecule has 6 heteroatoms. The Kier molecular flexibility index (Phi) is 5.04. The number of hydrogen-bond acceptors (Lipinski definition) is 5. The van der Waals surface area contributed by atoms with Crippen LogP contribution in [0.4, 0.5) is 11.5 Å². The number of aromatic nitrogens is 1. The second-order valence-electron chi connectivity index (χ2n) is 5.56. The Labute approximate surface area is 140 Å². The maximum atomic E-state index is 12.1. The quantitative estimate of drug-likeness (QED) is 0.884. The Morgan fingerprint density at radius 1 is 1.38 bits per heavy atom. The van der Waals surface area contributed by atoms with E-state index in [0.29, 0.717) is 24.5 Å². The Morgan fingerprint density at radius 2 is 2.29 bits per heavy atom. The molecule has 1 aliphatic heterocycles. The van der Waals surface area contributed by atoms with Crippen molar-refractivity contribution in [2.45, 2.75) is 25.5 Å². The topological polar surface area (TPSA) is 87.0 Å². The smallest absolute Gasteiger partial charge is 0.253 e. The van der Waals surface area contributed by atoms with E-state index >= 15 is 0 Å². The average molecular weight is 322 g/mol. The molecule has 1 fully saturated rings. The molecule has 0 aliphatic carbocycles. The van der Waals surface area contributed by atoms with Gasteiger partial charge in [0, 0.05) is 25.0 Å². The van der Waals surface area contributed by atoms with Crippen molar-refractivity contribution in [3.8, 4) is 6.07 Å². The molecule has 0 saturated carbocycles. The Bertz CT molecular complexity index is 764. The number of nitrogens with zero attached hydrogens (tertiary/aromatic N) is 2. The van der Waals surface area contributed by atoms with Crippen LogP contribution in [0.2, 0.25) is 0 Å². The van der Waals surface area contributed by atoms with E-state index in [4.69, 9.17) is 10.00 Å². The number of anilines is 2. The third-order valence-corrected chi connectivity index (χ3v) is 3.80. The van der Waals surface area contributed by atoms with Crippen LogP contribution in [0.1, 0.15) is 24.0 Å². The number of carbonyl (C=O) groups excluding carboxylic acids is 1. The summed E-state index contributed by atoms with van der Waals surface area (Å²) in [6, 6.07) is 13.1. The second kappa shape index (κ2) is 7.57. The van der Waals surface area contributed by atoms with Gasteiger partial charge in [-0.2, -0.15) is 5.26 Å². The van der Waals surface area contributed by atoms with Crippen molar-refractivity contribution in [3.05, 3.63) is 53.7 Å². The van der Waals surface area contributed by atoms with Gasteiger partial charge in [-0.1, -0.05) is 12.1 Å². The number of hydrogen-bond donors (Lipinski definition) is 2. The molecule has 2 N–H and O–H groups in total. The van der Waals surface area contributed by atoms with Crippen molar-refractivity contribution in [3.63, 3.8) is 0 Å². The van der Waals surface area contributed by atoms with Crippen molar-refractivity contribution in [2.75, 3.05) is 17.2 Å². The zero-order valence-electron chi connectivity index (χ0n) is 13.2. The molecule has 1 amide bonds. The normalized spacial score (nSPS) is 16.4. The highest BCUT2D eigenvalue weighted by atomic mass is 16.5. The summed E-state index contributed by atoms with van der Waals surface area (Å²) < 4.78 is 5.38. The first-order valence-electron chi connectivity index (χ1n) is 7.86. The molecule has 1 aliphatic rings. The maximum absolute atomic E-state index is 12.1. The van der Waals surface area contributed by atoms with Gasteiger partial charge >= 0.3 is 0 Å². The van der Waals surface area contributed by atoms with E-state index < -0.39 is 0 Å². The number of amides is 1. The van der Waals surface area contributed by atoms with Gasteiger partial charge in [-0.25, -0.2) is 4.98 Å². The first-order chi connectivity index (χ1) is 11.8. The summed E-state index contributed by atoms with van der Waals surface area (Å²) in [6.45, 7) is 1.16.